The Bertz CT molecular complexity index is 784. The van der Waals surface area contributed by atoms with Gasteiger partial charge in [0.2, 0.25) is 6.20 Å². The highest BCUT2D eigenvalue weighted by atomic mass is 32.2. The lowest BCUT2D eigenvalue weighted by Gasteiger charge is -2.10. The van der Waals surface area contributed by atoms with Gasteiger partial charge in [-0.2, -0.15) is 0 Å². The number of hydrogen-bond acceptors (Lipinski definition) is 3. The molecule has 1 heterocycles. The predicted octanol–water partition coefficient (Wildman–Crippen LogP) is 3.05. The molecule has 5 heteroatoms. The molecule has 0 atom stereocenters. The van der Waals surface area contributed by atoms with E-state index in [9.17, 15) is 10.1 Å². The van der Waals surface area contributed by atoms with E-state index < -0.39 is 0 Å². The third-order valence-electron chi connectivity index (χ3n) is 2.74. The van der Waals surface area contributed by atoms with Gasteiger partial charge in [-0.05, 0) is 24.3 Å². The number of benzene rings is 2. The number of fused-ring (bicyclic) bond motifs is 1. The van der Waals surface area contributed by atoms with Gasteiger partial charge in [0.05, 0.1) is 10.6 Å². The molecule has 0 radical (unpaired) electrons. The minimum atomic E-state index is 0.370. The van der Waals surface area contributed by atoms with Crippen LogP contribution >= 0.6 is 11.8 Å². The molecule has 94 valence electrons. The summed E-state index contributed by atoms with van der Waals surface area (Å²) >= 11 is 1.55. The maximum absolute atomic E-state index is 11.7. The molecule has 0 saturated carbocycles. The van der Waals surface area contributed by atoms with Crippen LogP contribution in [0.4, 0.5) is 0 Å². The van der Waals surface area contributed by atoms with E-state index in [0.29, 0.717) is 20.2 Å². The fourth-order valence-electron chi connectivity index (χ4n) is 1.84. The summed E-state index contributed by atoms with van der Waals surface area (Å²) in [6, 6.07) is 15.1. The van der Waals surface area contributed by atoms with Crippen molar-refractivity contribution < 1.29 is 4.43 Å². The van der Waals surface area contributed by atoms with Crippen molar-refractivity contribution in [3.05, 3.63) is 71.0 Å². The summed E-state index contributed by atoms with van der Waals surface area (Å²) in [5.74, 6) is 0. The lowest BCUT2D eigenvalue weighted by molar-refractivity contribution is -0.464. The van der Waals surface area contributed by atoms with Gasteiger partial charge in [-0.15, -0.1) is 0 Å². The second kappa shape index (κ2) is 4.78. The summed E-state index contributed by atoms with van der Waals surface area (Å²) in [7, 11) is 0. The molecular weight excluding hydrogens is 260 g/mol. The lowest BCUT2D eigenvalue weighted by atomic mass is 10.3. The Balaban J connectivity index is 2.07. The van der Waals surface area contributed by atoms with Crippen molar-refractivity contribution in [2.75, 3.05) is 0 Å². The smallest absolute Gasteiger partial charge is 0.286 e. The van der Waals surface area contributed by atoms with Crippen molar-refractivity contribution in [1.82, 2.24) is 4.73 Å². The van der Waals surface area contributed by atoms with E-state index in [1.54, 1.807) is 23.9 Å². The van der Waals surface area contributed by atoms with E-state index in [4.69, 9.17) is 0 Å². The molecule has 0 aliphatic rings. The number of aromatic nitrogens is 2. The molecule has 0 amide bonds. The largest absolute Gasteiger partial charge is 0.805 e. The fraction of sp³-hybridized carbons (Fsp3) is 0. The maximum Gasteiger partial charge on any atom is 0.286 e. The van der Waals surface area contributed by atoms with Crippen molar-refractivity contribution in [3.63, 3.8) is 0 Å². The van der Waals surface area contributed by atoms with E-state index in [-0.39, 0.29) is 0 Å². The van der Waals surface area contributed by atoms with Crippen molar-refractivity contribution in [2.24, 2.45) is 0 Å². The first kappa shape index (κ1) is 11.8. The van der Waals surface area contributed by atoms with Gasteiger partial charge in [-0.1, -0.05) is 30.0 Å². The first-order valence-corrected chi connectivity index (χ1v) is 6.54. The zero-order valence-electron chi connectivity index (χ0n) is 9.89. The van der Waals surface area contributed by atoms with Gasteiger partial charge in [0.15, 0.2) is 0 Å². The van der Waals surface area contributed by atoms with E-state index in [1.807, 2.05) is 36.4 Å². The van der Waals surface area contributed by atoms with Crippen LogP contribution in [0.25, 0.3) is 11.0 Å². The van der Waals surface area contributed by atoms with E-state index in [1.165, 1.54) is 12.4 Å². The Hall–Kier alpha value is -2.27. The number of rotatable bonds is 2. The second-order valence-electron chi connectivity index (χ2n) is 4.02. The molecular formula is C14H10N2O2S. The normalized spacial score (nSPS) is 10.7. The van der Waals surface area contributed by atoms with Gasteiger partial charge in [-0.3, -0.25) is 0 Å². The summed E-state index contributed by atoms with van der Waals surface area (Å²) in [5.41, 5.74) is 0.744. The van der Waals surface area contributed by atoms with Crippen LogP contribution in [-0.2, 0) is 0 Å². The van der Waals surface area contributed by atoms with Gasteiger partial charge in [-0.25, -0.2) is 0 Å². The predicted molar refractivity (Wildman–Crippen MR) is 74.6 cm³/mol. The molecule has 2 aromatic carbocycles. The molecule has 19 heavy (non-hydrogen) atoms. The summed E-state index contributed by atoms with van der Waals surface area (Å²) < 4.78 is 1.40. The molecule has 0 saturated heterocycles. The van der Waals surface area contributed by atoms with E-state index in [0.717, 1.165) is 9.79 Å². The van der Waals surface area contributed by atoms with Crippen molar-refractivity contribution >= 4 is 22.8 Å². The van der Waals surface area contributed by atoms with Gasteiger partial charge < -0.3 is 9.94 Å². The lowest BCUT2D eigenvalue weighted by Crippen LogP contribution is -2.16. The van der Waals surface area contributed by atoms with Gasteiger partial charge >= 0.3 is 0 Å². The molecule has 0 fully saturated rings. The highest BCUT2D eigenvalue weighted by Crippen LogP contribution is 2.28. The van der Waals surface area contributed by atoms with Crippen LogP contribution in [0.15, 0.2) is 70.7 Å². The Morgan fingerprint density at radius 3 is 2.63 bits per heavy atom. The second-order valence-corrected chi connectivity index (χ2v) is 5.16. The van der Waals surface area contributed by atoms with Gasteiger partial charge in [0.1, 0.15) is 5.52 Å². The van der Waals surface area contributed by atoms with Crippen LogP contribution in [-0.4, -0.2) is 4.73 Å². The van der Waals surface area contributed by atoms with Crippen LogP contribution in [0.5, 0.6) is 0 Å². The van der Waals surface area contributed by atoms with Crippen molar-refractivity contribution in [2.45, 2.75) is 9.79 Å². The average Bonchev–Trinajstić information content (AvgIpc) is 2.44. The molecule has 3 rings (SSSR count). The average molecular weight is 270 g/mol. The minimum absolute atomic E-state index is 0.370. The Labute approximate surface area is 113 Å². The topological polar surface area (TPSA) is 51.0 Å². The molecule has 4 nitrogen and oxygen atoms in total. The molecule has 3 aromatic rings. The van der Waals surface area contributed by atoms with Crippen LogP contribution < -0.4 is 4.43 Å². The van der Waals surface area contributed by atoms with Gasteiger partial charge in [0, 0.05) is 20.8 Å². The Morgan fingerprint density at radius 1 is 1.05 bits per heavy atom. The van der Waals surface area contributed by atoms with Crippen molar-refractivity contribution in [1.29, 1.82) is 0 Å². The summed E-state index contributed by atoms with van der Waals surface area (Å²) in [5, 5.41) is 11.7. The first-order chi connectivity index (χ1) is 9.24. The zero-order valence-corrected chi connectivity index (χ0v) is 10.7. The van der Waals surface area contributed by atoms with E-state index in [2.05, 4.69) is 0 Å². The van der Waals surface area contributed by atoms with Crippen LogP contribution in [0, 0.1) is 10.1 Å². The molecule has 0 unspecified atom stereocenters. The van der Waals surface area contributed by atoms with Crippen molar-refractivity contribution in [3.8, 4) is 0 Å². The highest BCUT2D eigenvalue weighted by Gasteiger charge is 2.08. The number of hydrogen-bond donors (Lipinski definition) is 0. The molecule has 0 spiro atoms. The SMILES string of the molecule is O=[n+]1ccn([O-])c2cc(Sc3ccccc3)ccc21. The summed E-state index contributed by atoms with van der Waals surface area (Å²) in [6.07, 6.45) is 2.42. The molecule has 1 aromatic heterocycles. The molecule has 0 aliphatic carbocycles. The standard InChI is InChI=1S/C14H10N2O2S/c17-15-8-9-16(18)14-10-12(6-7-13(14)15)19-11-4-2-1-3-5-11/h1-10H. The van der Waals surface area contributed by atoms with E-state index >= 15 is 0 Å². The highest BCUT2D eigenvalue weighted by molar-refractivity contribution is 7.99. The first-order valence-electron chi connectivity index (χ1n) is 5.72. The fourth-order valence-corrected chi connectivity index (χ4v) is 2.71. The Morgan fingerprint density at radius 2 is 1.84 bits per heavy atom. The molecule has 0 bridgehead atoms. The third-order valence-corrected chi connectivity index (χ3v) is 3.74. The van der Waals surface area contributed by atoms with Crippen LogP contribution in [0.3, 0.4) is 0 Å². The monoisotopic (exact) mass is 270 g/mol. The maximum atomic E-state index is 11.7. The zero-order chi connectivity index (χ0) is 13.2. The van der Waals surface area contributed by atoms with Gasteiger partial charge in [0.25, 0.3) is 5.52 Å². The minimum Gasteiger partial charge on any atom is -0.805 e. The molecule has 0 N–H and O–H groups in total. The quantitative estimate of drug-likeness (QED) is 0.672. The summed E-state index contributed by atoms with van der Waals surface area (Å²) in [4.78, 5) is 13.6. The Kier molecular flexibility index (Phi) is 2.97. The summed E-state index contributed by atoms with van der Waals surface area (Å²) in [6.45, 7) is 0. The van der Waals surface area contributed by atoms with Crippen LogP contribution in [0.1, 0.15) is 0 Å². The number of nitrogens with zero attached hydrogens (tertiary/aromatic N) is 2. The van der Waals surface area contributed by atoms with Crippen LogP contribution in [0.2, 0.25) is 0 Å². The third kappa shape index (κ3) is 2.32. The molecule has 0 aliphatic heterocycles.